The van der Waals surface area contributed by atoms with E-state index in [1.54, 1.807) is 30.3 Å². The Labute approximate surface area is 140 Å². The van der Waals surface area contributed by atoms with Crippen LogP contribution >= 0.6 is 23.2 Å². The monoisotopic (exact) mass is 349 g/mol. The van der Waals surface area contributed by atoms with Crippen molar-refractivity contribution in [2.24, 2.45) is 0 Å². The van der Waals surface area contributed by atoms with Crippen molar-refractivity contribution in [1.29, 1.82) is 0 Å². The fourth-order valence-electron chi connectivity index (χ4n) is 2.15. The van der Waals surface area contributed by atoms with Crippen LogP contribution in [0.4, 0.5) is 10.5 Å². The fraction of sp³-hybridized carbons (Fsp3) is 0. The quantitative estimate of drug-likeness (QED) is 0.816. The van der Waals surface area contributed by atoms with Gasteiger partial charge in [0.05, 0.1) is 26.9 Å². The summed E-state index contributed by atoms with van der Waals surface area (Å²) >= 11 is 11.9. The third-order valence-corrected chi connectivity index (χ3v) is 3.84. The van der Waals surface area contributed by atoms with E-state index >= 15 is 0 Å². The number of benzene rings is 2. The standard InChI is InChI=1S/C15H9Cl2N3O3/c16-10-6-3-7-11(17)12(10)18-15(23)19-20-13(21)8-4-1-2-5-9(8)14(20)22/h1-7H,(H2,18,19,23). The lowest BCUT2D eigenvalue weighted by Crippen LogP contribution is -2.47. The minimum Gasteiger partial charge on any atom is -0.304 e. The predicted octanol–water partition coefficient (Wildman–Crippen LogP) is 3.33. The summed E-state index contributed by atoms with van der Waals surface area (Å²) in [6, 6.07) is 10.2. The summed E-state index contributed by atoms with van der Waals surface area (Å²) in [4.78, 5) is 36.3. The molecule has 1 aliphatic rings. The van der Waals surface area contributed by atoms with E-state index in [4.69, 9.17) is 23.2 Å². The largest absolute Gasteiger partial charge is 0.338 e. The maximum atomic E-state index is 12.1. The van der Waals surface area contributed by atoms with E-state index in [0.717, 1.165) is 0 Å². The number of urea groups is 1. The first-order valence-electron chi connectivity index (χ1n) is 6.48. The van der Waals surface area contributed by atoms with Gasteiger partial charge in [0, 0.05) is 0 Å². The zero-order chi connectivity index (χ0) is 16.6. The van der Waals surface area contributed by atoms with Crippen LogP contribution in [0.2, 0.25) is 10.0 Å². The molecule has 3 rings (SSSR count). The number of para-hydroxylation sites is 1. The Morgan fingerprint density at radius 1 is 0.870 bits per heavy atom. The van der Waals surface area contributed by atoms with Gasteiger partial charge in [-0.15, -0.1) is 0 Å². The lowest BCUT2D eigenvalue weighted by Gasteiger charge is -2.16. The molecule has 0 aliphatic carbocycles. The first-order chi connectivity index (χ1) is 11.0. The highest BCUT2D eigenvalue weighted by Crippen LogP contribution is 2.29. The van der Waals surface area contributed by atoms with Crippen LogP contribution in [0, 0.1) is 0 Å². The Hall–Kier alpha value is -2.57. The Balaban J connectivity index is 1.77. The van der Waals surface area contributed by atoms with E-state index in [1.807, 2.05) is 0 Å². The van der Waals surface area contributed by atoms with E-state index in [2.05, 4.69) is 10.7 Å². The van der Waals surface area contributed by atoms with E-state index in [1.165, 1.54) is 12.1 Å². The molecule has 0 saturated heterocycles. The number of hydrogen-bond donors (Lipinski definition) is 2. The Morgan fingerprint density at radius 3 is 1.91 bits per heavy atom. The third-order valence-electron chi connectivity index (χ3n) is 3.21. The van der Waals surface area contributed by atoms with Crippen LogP contribution in [-0.2, 0) is 0 Å². The molecule has 4 amide bonds. The van der Waals surface area contributed by atoms with Gasteiger partial charge in [-0.1, -0.05) is 41.4 Å². The van der Waals surface area contributed by atoms with Crippen molar-refractivity contribution in [1.82, 2.24) is 10.4 Å². The molecule has 2 aromatic rings. The Kier molecular flexibility index (Phi) is 3.94. The molecule has 0 atom stereocenters. The number of rotatable bonds is 2. The van der Waals surface area contributed by atoms with Crippen LogP contribution in [0.25, 0.3) is 0 Å². The number of nitrogens with one attached hydrogen (secondary N) is 2. The summed E-state index contributed by atoms with van der Waals surface area (Å²) in [5, 5.41) is 3.52. The van der Waals surface area contributed by atoms with Gasteiger partial charge in [0.25, 0.3) is 11.8 Å². The summed E-state index contributed by atoms with van der Waals surface area (Å²) in [6.07, 6.45) is 0. The van der Waals surface area contributed by atoms with Crippen LogP contribution in [0.3, 0.4) is 0 Å². The second-order valence-corrected chi connectivity index (χ2v) is 5.47. The molecule has 2 aromatic carbocycles. The van der Waals surface area contributed by atoms with Crippen LogP contribution in [0.15, 0.2) is 42.5 Å². The summed E-state index contributed by atoms with van der Waals surface area (Å²) in [7, 11) is 0. The van der Waals surface area contributed by atoms with Gasteiger partial charge in [-0.05, 0) is 24.3 Å². The molecule has 0 radical (unpaired) electrons. The molecule has 8 heteroatoms. The van der Waals surface area contributed by atoms with Crippen LogP contribution in [0.1, 0.15) is 20.7 Å². The Bertz CT molecular complexity index is 783. The van der Waals surface area contributed by atoms with Gasteiger partial charge >= 0.3 is 6.03 Å². The number of carbonyl (C=O) groups excluding carboxylic acids is 3. The zero-order valence-electron chi connectivity index (χ0n) is 11.5. The number of anilines is 1. The first-order valence-corrected chi connectivity index (χ1v) is 7.24. The molecule has 116 valence electrons. The maximum absolute atomic E-state index is 12.1. The highest BCUT2D eigenvalue weighted by Gasteiger charge is 2.36. The van der Waals surface area contributed by atoms with Gasteiger partial charge in [0.15, 0.2) is 0 Å². The number of amides is 4. The number of hydrazine groups is 1. The van der Waals surface area contributed by atoms with Crippen molar-refractivity contribution in [2.45, 2.75) is 0 Å². The number of halogens is 2. The smallest absolute Gasteiger partial charge is 0.304 e. The van der Waals surface area contributed by atoms with Crippen molar-refractivity contribution in [3.8, 4) is 0 Å². The molecule has 2 N–H and O–H groups in total. The first kappa shape index (κ1) is 15.3. The van der Waals surface area contributed by atoms with Gasteiger partial charge in [-0.3, -0.25) is 9.59 Å². The fourth-order valence-corrected chi connectivity index (χ4v) is 2.64. The third kappa shape index (κ3) is 2.74. The van der Waals surface area contributed by atoms with Crippen LogP contribution in [-0.4, -0.2) is 22.9 Å². The molecule has 6 nitrogen and oxygen atoms in total. The van der Waals surface area contributed by atoms with E-state index in [9.17, 15) is 14.4 Å². The number of hydrogen-bond acceptors (Lipinski definition) is 3. The molecular weight excluding hydrogens is 341 g/mol. The molecule has 0 bridgehead atoms. The van der Waals surface area contributed by atoms with Gasteiger partial charge in [-0.25, -0.2) is 10.2 Å². The van der Waals surface area contributed by atoms with Gasteiger partial charge in [0.1, 0.15) is 0 Å². The highest BCUT2D eigenvalue weighted by molar-refractivity contribution is 6.39. The number of nitrogens with zero attached hydrogens (tertiary/aromatic N) is 1. The molecular formula is C15H9Cl2N3O3. The average molecular weight is 350 g/mol. The molecule has 0 fully saturated rings. The topological polar surface area (TPSA) is 78.5 Å². The molecule has 1 aliphatic heterocycles. The average Bonchev–Trinajstić information content (AvgIpc) is 2.77. The minimum absolute atomic E-state index is 0.185. The van der Waals surface area contributed by atoms with Crippen LogP contribution in [0.5, 0.6) is 0 Å². The molecule has 0 unspecified atom stereocenters. The molecule has 0 spiro atoms. The lowest BCUT2D eigenvalue weighted by atomic mass is 10.1. The molecule has 1 heterocycles. The number of carbonyl (C=O) groups is 3. The molecule has 0 saturated carbocycles. The lowest BCUT2D eigenvalue weighted by molar-refractivity contribution is 0.0592. The number of fused-ring (bicyclic) bond motifs is 1. The van der Waals surface area contributed by atoms with Crippen LogP contribution < -0.4 is 10.7 Å². The van der Waals surface area contributed by atoms with Gasteiger partial charge < -0.3 is 5.32 Å². The van der Waals surface area contributed by atoms with Crippen molar-refractivity contribution in [3.63, 3.8) is 0 Å². The van der Waals surface area contributed by atoms with Gasteiger partial charge in [0.2, 0.25) is 0 Å². The van der Waals surface area contributed by atoms with Crippen molar-refractivity contribution < 1.29 is 14.4 Å². The Morgan fingerprint density at radius 2 is 1.39 bits per heavy atom. The highest BCUT2D eigenvalue weighted by atomic mass is 35.5. The van der Waals surface area contributed by atoms with Crippen molar-refractivity contribution in [2.75, 3.05) is 5.32 Å². The van der Waals surface area contributed by atoms with Crippen molar-refractivity contribution in [3.05, 3.63) is 63.6 Å². The number of imide groups is 1. The summed E-state index contributed by atoms with van der Waals surface area (Å²) < 4.78 is 0. The summed E-state index contributed by atoms with van der Waals surface area (Å²) in [5.74, 6) is -1.21. The predicted molar refractivity (Wildman–Crippen MR) is 85.6 cm³/mol. The molecule has 0 aromatic heterocycles. The maximum Gasteiger partial charge on any atom is 0.338 e. The second-order valence-electron chi connectivity index (χ2n) is 4.65. The normalized spacial score (nSPS) is 13.0. The summed E-state index contributed by atoms with van der Waals surface area (Å²) in [6.45, 7) is 0. The molecule has 23 heavy (non-hydrogen) atoms. The SMILES string of the molecule is O=C(Nc1c(Cl)cccc1Cl)NN1C(=O)c2ccccc2C1=O. The van der Waals surface area contributed by atoms with E-state index < -0.39 is 17.8 Å². The minimum atomic E-state index is -0.811. The summed E-state index contributed by atoms with van der Waals surface area (Å²) in [5.41, 5.74) is 2.84. The van der Waals surface area contributed by atoms with Crippen molar-refractivity contribution >= 4 is 46.7 Å². The van der Waals surface area contributed by atoms with E-state index in [-0.39, 0.29) is 26.9 Å². The van der Waals surface area contributed by atoms with E-state index in [0.29, 0.717) is 5.01 Å². The second kappa shape index (κ2) is 5.91. The van der Waals surface area contributed by atoms with Gasteiger partial charge in [-0.2, -0.15) is 5.01 Å². The zero-order valence-corrected chi connectivity index (χ0v) is 13.0.